The van der Waals surface area contributed by atoms with E-state index in [1.54, 1.807) is 6.92 Å². The number of aromatic nitrogens is 4. The van der Waals surface area contributed by atoms with Crippen LogP contribution in [0.5, 0.6) is 5.88 Å². The van der Waals surface area contributed by atoms with E-state index in [2.05, 4.69) is 20.0 Å². The fraction of sp³-hybridized carbons (Fsp3) is 0.500. The van der Waals surface area contributed by atoms with E-state index in [9.17, 15) is 19.6 Å². The Hall–Kier alpha value is -2.78. The number of nitrogens with two attached hydrogens (primary N) is 1. The van der Waals surface area contributed by atoms with Gasteiger partial charge in [0.05, 0.1) is 20.0 Å². The number of anilines is 1. The number of nitrogens with one attached hydrogen (secondary N) is 1. The summed E-state index contributed by atoms with van der Waals surface area (Å²) in [5, 5.41) is 24.9. The monoisotopic (exact) mass is 594 g/mol. The molecule has 14 nitrogen and oxygen atoms in total. The van der Waals surface area contributed by atoms with E-state index < -0.39 is 48.9 Å². The second-order valence-electron chi connectivity index (χ2n) is 9.70. The fourth-order valence-corrected chi connectivity index (χ4v) is 8.46. The number of hydrogen-bond acceptors (Lipinski definition) is 13. The Labute approximate surface area is 233 Å². The molecule has 5 N–H and O–H groups in total. The van der Waals surface area contributed by atoms with Crippen LogP contribution in [0.3, 0.4) is 0 Å². The van der Waals surface area contributed by atoms with Crippen LogP contribution < -0.4 is 15.6 Å². The maximum atomic E-state index is 13.5. The van der Waals surface area contributed by atoms with Crippen LogP contribution in [-0.4, -0.2) is 79.0 Å². The number of hydrogen-bond donors (Lipinski definition) is 4. The van der Waals surface area contributed by atoms with Gasteiger partial charge in [-0.05, 0) is 25.8 Å². The third-order valence-corrected chi connectivity index (χ3v) is 10.9. The van der Waals surface area contributed by atoms with Crippen LogP contribution in [0.4, 0.5) is 5.95 Å². The molecule has 0 saturated carbocycles. The molecular formula is C24H31N6O8PS. The Morgan fingerprint density at radius 2 is 2.12 bits per heavy atom. The molecule has 2 aliphatic rings. The Morgan fingerprint density at radius 1 is 1.38 bits per heavy atom. The molecule has 4 heterocycles. The molecule has 3 aromatic rings. The highest BCUT2D eigenvalue weighted by atomic mass is 32.7. The molecule has 0 unspecified atom stereocenters. The van der Waals surface area contributed by atoms with Crippen LogP contribution in [-0.2, 0) is 23.4 Å². The summed E-state index contributed by atoms with van der Waals surface area (Å²) >= 11 is 1.05. The molecule has 0 radical (unpaired) electrons. The standard InChI is InChI=1S/C24H31N6O8PS/c1-13(14-7-5-4-6-8-14)37-21(32)15-9-10-40-39(34,29-15)36-11-16-18(31)24(2,33)22(38-16)30-12-26-17-19(30)27-23(25)28-20(17)35-3/h4-8,12-13,15-16,18,22,31,33H,9-11H2,1-3H3,(H,29,34)(H2,25,27,28)/t13-,15-,16-,18-,22-,24-,39+/m1/s1. The lowest BCUT2D eigenvalue weighted by Gasteiger charge is -2.30. The zero-order valence-corrected chi connectivity index (χ0v) is 23.7. The normalized spacial score (nSPS) is 31.2. The Bertz CT molecular complexity index is 1430. The number of esters is 1. The van der Waals surface area contributed by atoms with E-state index in [0.717, 1.165) is 16.9 Å². The number of rotatable bonds is 8. The average Bonchev–Trinajstić information content (AvgIpc) is 3.45. The molecule has 0 spiro atoms. The van der Waals surface area contributed by atoms with Gasteiger partial charge in [-0.15, -0.1) is 0 Å². The number of aliphatic hydroxyl groups excluding tert-OH is 1. The van der Waals surface area contributed by atoms with Crippen molar-refractivity contribution in [2.45, 2.75) is 56.5 Å². The van der Waals surface area contributed by atoms with Gasteiger partial charge < -0.3 is 34.7 Å². The van der Waals surface area contributed by atoms with Crippen molar-refractivity contribution in [1.82, 2.24) is 24.6 Å². The van der Waals surface area contributed by atoms with Gasteiger partial charge in [0.1, 0.15) is 30.0 Å². The fourth-order valence-electron chi connectivity index (χ4n) is 4.65. The number of benzene rings is 1. The van der Waals surface area contributed by atoms with E-state index >= 15 is 0 Å². The highest BCUT2D eigenvalue weighted by Gasteiger charge is 2.54. The van der Waals surface area contributed by atoms with Gasteiger partial charge in [-0.3, -0.25) is 13.9 Å². The third kappa shape index (κ3) is 5.55. The lowest BCUT2D eigenvalue weighted by atomic mass is 9.96. The number of imidazole rings is 1. The Balaban J connectivity index is 1.25. The molecule has 16 heteroatoms. The summed E-state index contributed by atoms with van der Waals surface area (Å²) in [6, 6.07) is 8.46. The summed E-state index contributed by atoms with van der Waals surface area (Å²) in [6.07, 6.45) is -2.35. The topological polar surface area (TPSA) is 193 Å². The summed E-state index contributed by atoms with van der Waals surface area (Å²) < 4.78 is 37.4. The molecule has 2 saturated heterocycles. The molecule has 40 heavy (non-hydrogen) atoms. The van der Waals surface area contributed by atoms with Crippen molar-refractivity contribution in [2.75, 3.05) is 25.2 Å². The number of methoxy groups -OCH3 is 1. The summed E-state index contributed by atoms with van der Waals surface area (Å²) in [4.78, 5) is 25.2. The molecule has 7 atom stereocenters. The third-order valence-electron chi connectivity index (χ3n) is 6.84. The van der Waals surface area contributed by atoms with Crippen LogP contribution in [0.15, 0.2) is 36.7 Å². The van der Waals surface area contributed by atoms with E-state index in [1.165, 1.54) is 24.9 Å². The second kappa shape index (κ2) is 11.2. The van der Waals surface area contributed by atoms with Crippen molar-refractivity contribution in [1.29, 1.82) is 0 Å². The number of nitrogen functional groups attached to an aromatic ring is 1. The first kappa shape index (κ1) is 28.7. The van der Waals surface area contributed by atoms with Gasteiger partial charge in [-0.2, -0.15) is 9.97 Å². The van der Waals surface area contributed by atoms with Crippen LogP contribution >= 0.6 is 18.1 Å². The number of carbonyl (C=O) groups excluding carboxylic acids is 1. The van der Waals surface area contributed by atoms with Gasteiger partial charge in [-0.1, -0.05) is 41.7 Å². The Morgan fingerprint density at radius 3 is 2.85 bits per heavy atom. The number of ether oxygens (including phenoxy) is 3. The van der Waals surface area contributed by atoms with E-state index in [1.807, 2.05) is 30.3 Å². The molecule has 2 aliphatic heterocycles. The minimum atomic E-state index is -3.58. The molecule has 1 aromatic carbocycles. The van der Waals surface area contributed by atoms with E-state index in [-0.39, 0.29) is 29.6 Å². The highest BCUT2D eigenvalue weighted by Crippen LogP contribution is 2.59. The number of nitrogens with zero attached hydrogens (tertiary/aromatic N) is 4. The maximum Gasteiger partial charge on any atom is 0.327 e. The zero-order valence-electron chi connectivity index (χ0n) is 22.0. The summed E-state index contributed by atoms with van der Waals surface area (Å²) in [7, 11) is 1.41. The van der Waals surface area contributed by atoms with E-state index in [0.29, 0.717) is 12.2 Å². The Kier molecular flexibility index (Phi) is 8.08. The van der Waals surface area contributed by atoms with Gasteiger partial charge in [0.2, 0.25) is 11.8 Å². The number of carbonyl (C=O) groups is 1. The van der Waals surface area contributed by atoms with Gasteiger partial charge in [0.15, 0.2) is 17.4 Å². The molecular weight excluding hydrogens is 563 g/mol. The lowest BCUT2D eigenvalue weighted by Crippen LogP contribution is -2.44. The first-order valence-electron chi connectivity index (χ1n) is 12.5. The zero-order chi connectivity index (χ0) is 28.7. The van der Waals surface area contributed by atoms with E-state index in [4.69, 9.17) is 24.5 Å². The van der Waals surface area contributed by atoms with Crippen molar-refractivity contribution >= 4 is 41.2 Å². The van der Waals surface area contributed by atoms with Crippen LogP contribution in [0, 0.1) is 0 Å². The van der Waals surface area contributed by atoms with Crippen molar-refractivity contribution in [3.05, 3.63) is 42.2 Å². The van der Waals surface area contributed by atoms with Gasteiger partial charge in [0.25, 0.3) is 0 Å². The highest BCUT2D eigenvalue weighted by molar-refractivity contribution is 8.56. The average molecular weight is 595 g/mol. The summed E-state index contributed by atoms with van der Waals surface area (Å²) in [6.45, 7) is -0.748. The van der Waals surface area contributed by atoms with Gasteiger partial charge in [0, 0.05) is 5.75 Å². The van der Waals surface area contributed by atoms with Gasteiger partial charge >= 0.3 is 12.7 Å². The molecule has 5 rings (SSSR count). The summed E-state index contributed by atoms with van der Waals surface area (Å²) in [5.41, 5.74) is 5.34. The molecule has 2 fully saturated rings. The van der Waals surface area contributed by atoms with Crippen molar-refractivity contribution in [3.63, 3.8) is 0 Å². The minimum absolute atomic E-state index is 0.0751. The molecule has 0 aliphatic carbocycles. The predicted octanol–water partition coefficient (Wildman–Crippen LogP) is 1.95. The van der Waals surface area contributed by atoms with Crippen LogP contribution in [0.2, 0.25) is 0 Å². The molecule has 2 aromatic heterocycles. The van der Waals surface area contributed by atoms with Gasteiger partial charge in [-0.25, -0.2) is 10.1 Å². The summed E-state index contributed by atoms with van der Waals surface area (Å²) in [5.74, 6) is -0.0791. The predicted molar refractivity (Wildman–Crippen MR) is 145 cm³/mol. The van der Waals surface area contributed by atoms with Crippen LogP contribution in [0.1, 0.15) is 38.2 Å². The number of aliphatic hydroxyl groups is 2. The van der Waals surface area contributed by atoms with Crippen molar-refractivity contribution in [3.8, 4) is 5.88 Å². The molecule has 0 bridgehead atoms. The van der Waals surface area contributed by atoms with Crippen molar-refractivity contribution < 1.29 is 38.3 Å². The largest absolute Gasteiger partial charge is 0.479 e. The SMILES string of the molecule is COc1nc(N)nc2c1ncn2[C@@H]1O[C@H](CO[P@@]2(=O)N[C@@H](C(=O)O[C@H](C)c3ccccc3)CCS2)[C@@H](O)[C@@]1(C)O. The second-order valence-corrected chi connectivity index (χ2v) is 14.1. The maximum absolute atomic E-state index is 13.5. The quantitative estimate of drug-likeness (QED) is 0.218. The minimum Gasteiger partial charge on any atom is -0.479 e. The first-order chi connectivity index (χ1) is 19.0. The lowest BCUT2D eigenvalue weighted by molar-refractivity contribution is -0.150. The molecule has 216 valence electrons. The van der Waals surface area contributed by atoms with Crippen molar-refractivity contribution in [2.24, 2.45) is 0 Å². The van der Waals surface area contributed by atoms with Crippen LogP contribution in [0.25, 0.3) is 11.2 Å². The molecule has 0 amide bonds. The number of fused-ring (bicyclic) bond motifs is 1. The smallest absolute Gasteiger partial charge is 0.327 e. The first-order valence-corrected chi connectivity index (χ1v) is 15.8.